The molecule has 0 aliphatic carbocycles. The first-order valence-corrected chi connectivity index (χ1v) is 5.53. The molecule has 0 radical (unpaired) electrons. The lowest BCUT2D eigenvalue weighted by molar-refractivity contribution is -0.284. The molecule has 20 heavy (non-hydrogen) atoms. The average Bonchev–Trinajstić information content (AvgIpc) is 2.24. The maximum Gasteiger partial charge on any atom is 0.402 e. The van der Waals surface area contributed by atoms with E-state index >= 15 is 0 Å². The number of ether oxygens (including phenoxy) is 1. The van der Waals surface area contributed by atoms with Gasteiger partial charge < -0.3 is 4.74 Å². The van der Waals surface area contributed by atoms with E-state index in [1.54, 1.807) is 0 Å². The second kappa shape index (κ2) is 5.67. The predicted molar refractivity (Wildman–Crippen MR) is 57.1 cm³/mol. The van der Waals surface area contributed by atoms with Gasteiger partial charge >= 0.3 is 12.4 Å². The van der Waals surface area contributed by atoms with Crippen molar-refractivity contribution >= 4 is 11.6 Å². The summed E-state index contributed by atoms with van der Waals surface area (Å²) in [5.41, 5.74) is -0.635. The fourth-order valence-corrected chi connectivity index (χ4v) is 1.99. The number of hydrogen-bond donors (Lipinski definition) is 0. The van der Waals surface area contributed by atoms with Gasteiger partial charge in [-0.25, -0.2) is 4.39 Å². The quantitative estimate of drug-likeness (QED) is 0.570. The van der Waals surface area contributed by atoms with Crippen LogP contribution < -0.4 is 4.74 Å². The molecule has 1 aromatic rings. The van der Waals surface area contributed by atoms with Crippen molar-refractivity contribution in [3.8, 4) is 5.75 Å². The first kappa shape index (κ1) is 16.9. The molecule has 1 nitrogen and oxygen atoms in total. The highest BCUT2D eigenvalue weighted by molar-refractivity contribution is 6.21. The van der Waals surface area contributed by atoms with Crippen molar-refractivity contribution in [1.29, 1.82) is 0 Å². The van der Waals surface area contributed by atoms with E-state index in [4.69, 9.17) is 11.6 Å². The predicted octanol–water partition coefficient (Wildman–Crippen LogP) is 4.86. The van der Waals surface area contributed by atoms with Crippen LogP contribution in [0.4, 0.5) is 30.7 Å². The lowest BCUT2D eigenvalue weighted by Crippen LogP contribution is -2.39. The molecule has 0 heterocycles. The van der Waals surface area contributed by atoms with Crippen molar-refractivity contribution < 1.29 is 35.5 Å². The Balaban J connectivity index is 3.20. The molecule has 0 N–H and O–H groups in total. The molecule has 0 aliphatic heterocycles. The summed E-state index contributed by atoms with van der Waals surface area (Å²) in [6, 6.07) is 2.24. The van der Waals surface area contributed by atoms with Gasteiger partial charge in [0.15, 0.2) is 17.5 Å². The van der Waals surface area contributed by atoms with Crippen molar-refractivity contribution in [3.63, 3.8) is 0 Å². The van der Waals surface area contributed by atoms with Crippen LogP contribution in [0.2, 0.25) is 0 Å². The van der Waals surface area contributed by atoms with E-state index in [0.29, 0.717) is 6.07 Å². The smallest absolute Gasteiger partial charge is 0.402 e. The molecule has 1 aromatic carbocycles. The minimum absolute atomic E-state index is 0.312. The van der Waals surface area contributed by atoms with Gasteiger partial charge in [-0.2, -0.15) is 26.3 Å². The van der Waals surface area contributed by atoms with Gasteiger partial charge in [0.1, 0.15) is 0 Å². The molecule has 9 heteroatoms. The van der Waals surface area contributed by atoms with Crippen molar-refractivity contribution in [1.82, 2.24) is 0 Å². The van der Waals surface area contributed by atoms with E-state index in [1.807, 2.05) is 0 Å². The third kappa shape index (κ3) is 3.68. The van der Waals surface area contributed by atoms with Crippen LogP contribution >= 0.6 is 11.6 Å². The molecule has 0 saturated heterocycles. The molecule has 0 spiro atoms. The van der Waals surface area contributed by atoms with Crippen LogP contribution in [0, 0.1) is 11.7 Å². The minimum atomic E-state index is -5.60. The van der Waals surface area contributed by atoms with Gasteiger partial charge in [-0.3, -0.25) is 0 Å². The molecular weight excluding hydrogens is 317 g/mol. The van der Waals surface area contributed by atoms with Gasteiger partial charge in [0.2, 0.25) is 0 Å². The Morgan fingerprint density at radius 3 is 1.90 bits per heavy atom. The Kier molecular flexibility index (Phi) is 4.78. The van der Waals surface area contributed by atoms with E-state index in [-0.39, 0.29) is 5.75 Å². The average molecular weight is 325 g/mol. The fraction of sp³-hybridized carbons (Fsp3) is 0.455. The zero-order valence-corrected chi connectivity index (χ0v) is 10.6. The topological polar surface area (TPSA) is 9.23 Å². The van der Waals surface area contributed by atoms with Crippen LogP contribution in [0.3, 0.4) is 0 Å². The van der Waals surface area contributed by atoms with Gasteiger partial charge in [-0.05, 0) is 17.7 Å². The maximum atomic E-state index is 13.3. The highest BCUT2D eigenvalue weighted by Gasteiger charge is 2.60. The Morgan fingerprint density at radius 2 is 1.55 bits per heavy atom. The summed E-state index contributed by atoms with van der Waals surface area (Å²) < 4.78 is 92.7. The van der Waals surface area contributed by atoms with Crippen LogP contribution in [0.1, 0.15) is 10.9 Å². The van der Waals surface area contributed by atoms with Crippen LogP contribution in [-0.2, 0) is 0 Å². The Bertz CT molecular complexity index is 455. The lowest BCUT2D eigenvalue weighted by Gasteiger charge is -2.27. The zero-order valence-electron chi connectivity index (χ0n) is 9.82. The first-order valence-electron chi connectivity index (χ1n) is 5.09. The van der Waals surface area contributed by atoms with Gasteiger partial charge in [0.25, 0.3) is 0 Å². The van der Waals surface area contributed by atoms with Gasteiger partial charge in [-0.1, -0.05) is 6.07 Å². The first-order chi connectivity index (χ1) is 8.98. The van der Waals surface area contributed by atoms with Gasteiger partial charge in [0, 0.05) is 0 Å². The molecule has 0 saturated carbocycles. The van der Waals surface area contributed by atoms with Crippen LogP contribution in [0.15, 0.2) is 18.2 Å². The second-order valence-corrected chi connectivity index (χ2v) is 4.33. The monoisotopic (exact) mass is 324 g/mol. The highest BCUT2D eigenvalue weighted by Crippen LogP contribution is 2.49. The molecule has 0 bridgehead atoms. The molecule has 1 atom stereocenters. The summed E-state index contributed by atoms with van der Waals surface area (Å²) in [5.74, 6) is -5.20. The van der Waals surface area contributed by atoms with Gasteiger partial charge in [0.05, 0.1) is 12.5 Å². The normalized spacial score (nSPS) is 14.5. The number of alkyl halides is 7. The van der Waals surface area contributed by atoms with Gasteiger partial charge in [-0.15, -0.1) is 11.6 Å². The molecule has 114 valence electrons. The lowest BCUT2D eigenvalue weighted by atomic mass is 9.97. The van der Waals surface area contributed by atoms with E-state index in [2.05, 4.69) is 4.74 Å². The Labute approximate surface area is 114 Å². The Hall–Kier alpha value is -1.18. The summed E-state index contributed by atoms with van der Waals surface area (Å²) in [6.07, 6.45) is -11.2. The largest absolute Gasteiger partial charge is 0.494 e. The van der Waals surface area contributed by atoms with Crippen molar-refractivity contribution in [2.75, 3.05) is 7.11 Å². The highest BCUT2D eigenvalue weighted by atomic mass is 35.5. The summed E-state index contributed by atoms with van der Waals surface area (Å²) in [4.78, 5) is 0. The zero-order chi connectivity index (χ0) is 15.7. The molecule has 1 rings (SSSR count). The number of methoxy groups -OCH3 is 1. The molecule has 0 aromatic heterocycles. The van der Waals surface area contributed by atoms with Crippen LogP contribution in [-0.4, -0.2) is 19.5 Å². The number of benzene rings is 1. The van der Waals surface area contributed by atoms with E-state index in [9.17, 15) is 30.7 Å². The van der Waals surface area contributed by atoms with E-state index < -0.39 is 35.0 Å². The summed E-state index contributed by atoms with van der Waals surface area (Å²) in [5, 5.41) is -2.49. The summed E-state index contributed by atoms with van der Waals surface area (Å²) in [7, 11) is 1.10. The number of hydrogen-bond acceptors (Lipinski definition) is 1. The van der Waals surface area contributed by atoms with Crippen LogP contribution in [0.5, 0.6) is 5.75 Å². The molecular formula is C11H8ClF7O. The van der Waals surface area contributed by atoms with Crippen molar-refractivity contribution in [2.45, 2.75) is 17.7 Å². The fourth-order valence-electron chi connectivity index (χ4n) is 1.56. The molecule has 1 unspecified atom stereocenters. The molecule has 0 fully saturated rings. The Morgan fingerprint density at radius 1 is 1.05 bits per heavy atom. The van der Waals surface area contributed by atoms with Crippen molar-refractivity contribution in [3.05, 3.63) is 29.6 Å². The van der Waals surface area contributed by atoms with E-state index in [1.165, 1.54) is 0 Å². The minimum Gasteiger partial charge on any atom is -0.494 e. The molecule has 0 amide bonds. The SMILES string of the molecule is COc1ccc(C(Cl)C(C(F)(F)F)C(F)(F)F)cc1F. The van der Waals surface area contributed by atoms with Crippen LogP contribution in [0.25, 0.3) is 0 Å². The summed E-state index contributed by atoms with van der Waals surface area (Å²) >= 11 is 5.26. The second-order valence-electron chi connectivity index (χ2n) is 3.86. The summed E-state index contributed by atoms with van der Waals surface area (Å²) in [6.45, 7) is 0. The van der Waals surface area contributed by atoms with Crippen molar-refractivity contribution in [2.24, 2.45) is 5.92 Å². The standard InChI is InChI=1S/C11H8ClF7O/c1-20-7-3-2-5(4-6(7)13)8(12)9(10(14,15)16)11(17,18)19/h2-4,8-9H,1H3. The third-order valence-electron chi connectivity index (χ3n) is 2.49. The maximum absolute atomic E-state index is 13.3. The molecule has 0 aliphatic rings. The number of halogens is 8. The number of rotatable bonds is 3. The third-order valence-corrected chi connectivity index (χ3v) is 3.00. The van der Waals surface area contributed by atoms with E-state index in [0.717, 1.165) is 19.2 Å².